The van der Waals surface area contributed by atoms with Crippen molar-refractivity contribution in [1.82, 2.24) is 5.32 Å². The van der Waals surface area contributed by atoms with Gasteiger partial charge in [-0.25, -0.2) is 0 Å². The third kappa shape index (κ3) is 5.50. The fraction of sp³-hybridized carbons (Fsp3) is 0.615. The molecule has 0 saturated heterocycles. The Bertz CT molecular complexity index is 390. The molecule has 102 valence electrons. The topological polar surface area (TPSA) is 55.1 Å². The molecule has 0 fully saturated rings. The Morgan fingerprint density at radius 1 is 1.50 bits per heavy atom. The highest BCUT2D eigenvalue weighted by atomic mass is 79.9. The van der Waals surface area contributed by atoms with Crippen molar-refractivity contribution < 1.29 is 4.79 Å². The second-order valence-corrected chi connectivity index (χ2v) is 7.03. The Hall–Kier alpha value is -0.390. The molecule has 1 aromatic rings. The molecule has 1 aromatic heterocycles. The maximum atomic E-state index is 11.7. The van der Waals surface area contributed by atoms with E-state index < -0.39 is 0 Å². The van der Waals surface area contributed by atoms with E-state index in [-0.39, 0.29) is 11.3 Å². The standard InChI is InChI=1S/C13H21BrN2OS/c1-13(2,6-7-15)5-3-12(17)16-9-11-10(14)4-8-18-11/h4,8H,3,5-7,9,15H2,1-2H3,(H,16,17). The molecule has 3 nitrogen and oxygen atoms in total. The molecule has 0 bridgehead atoms. The second-order valence-electron chi connectivity index (χ2n) is 5.17. The number of amides is 1. The minimum atomic E-state index is 0.111. The smallest absolute Gasteiger partial charge is 0.220 e. The first-order chi connectivity index (χ1) is 8.44. The van der Waals surface area contributed by atoms with Gasteiger partial charge in [-0.3, -0.25) is 4.79 Å². The first-order valence-electron chi connectivity index (χ1n) is 6.13. The number of carbonyl (C=O) groups is 1. The molecule has 0 atom stereocenters. The lowest BCUT2D eigenvalue weighted by Crippen LogP contribution is -2.25. The number of hydrogen-bond acceptors (Lipinski definition) is 3. The van der Waals surface area contributed by atoms with Gasteiger partial charge in [-0.1, -0.05) is 13.8 Å². The molecule has 0 aliphatic heterocycles. The third-order valence-corrected chi connectivity index (χ3v) is 4.91. The van der Waals surface area contributed by atoms with Gasteiger partial charge in [0.25, 0.3) is 0 Å². The minimum absolute atomic E-state index is 0.111. The van der Waals surface area contributed by atoms with Gasteiger partial charge >= 0.3 is 0 Å². The van der Waals surface area contributed by atoms with Gasteiger partial charge in [0.2, 0.25) is 5.91 Å². The van der Waals surface area contributed by atoms with E-state index in [0.717, 1.165) is 22.2 Å². The van der Waals surface area contributed by atoms with Crippen LogP contribution in [-0.4, -0.2) is 12.5 Å². The summed E-state index contributed by atoms with van der Waals surface area (Å²) in [5.74, 6) is 0.111. The summed E-state index contributed by atoms with van der Waals surface area (Å²) in [6.45, 7) is 5.59. The molecule has 0 aliphatic rings. The first-order valence-corrected chi connectivity index (χ1v) is 7.80. The van der Waals surface area contributed by atoms with E-state index in [1.165, 1.54) is 0 Å². The maximum Gasteiger partial charge on any atom is 0.220 e. The molecule has 0 aliphatic carbocycles. The molecule has 0 radical (unpaired) electrons. The minimum Gasteiger partial charge on any atom is -0.351 e. The predicted octanol–water partition coefficient (Wildman–Crippen LogP) is 3.28. The fourth-order valence-electron chi connectivity index (χ4n) is 1.69. The van der Waals surface area contributed by atoms with Gasteiger partial charge in [-0.05, 0) is 52.2 Å². The lowest BCUT2D eigenvalue weighted by atomic mass is 9.84. The number of carbonyl (C=O) groups excluding carboxylic acids is 1. The summed E-state index contributed by atoms with van der Waals surface area (Å²) < 4.78 is 1.07. The molecule has 0 unspecified atom stereocenters. The average molecular weight is 333 g/mol. The zero-order chi connectivity index (χ0) is 13.6. The molecule has 1 heterocycles. The van der Waals surface area contributed by atoms with Crippen molar-refractivity contribution in [2.45, 2.75) is 39.7 Å². The van der Waals surface area contributed by atoms with Crippen LogP contribution >= 0.6 is 27.3 Å². The number of nitrogens with two attached hydrogens (primary N) is 1. The lowest BCUT2D eigenvalue weighted by molar-refractivity contribution is -0.121. The second kappa shape index (κ2) is 7.26. The summed E-state index contributed by atoms with van der Waals surface area (Å²) in [5.41, 5.74) is 5.70. The molecule has 18 heavy (non-hydrogen) atoms. The monoisotopic (exact) mass is 332 g/mol. The van der Waals surface area contributed by atoms with Crippen molar-refractivity contribution in [1.29, 1.82) is 0 Å². The highest BCUT2D eigenvalue weighted by Crippen LogP contribution is 2.26. The maximum absolute atomic E-state index is 11.7. The third-order valence-electron chi connectivity index (χ3n) is 2.99. The number of nitrogens with one attached hydrogen (secondary N) is 1. The molecular formula is C13H21BrN2OS. The quantitative estimate of drug-likeness (QED) is 0.804. The van der Waals surface area contributed by atoms with Crippen molar-refractivity contribution in [2.24, 2.45) is 11.1 Å². The summed E-state index contributed by atoms with van der Waals surface area (Å²) in [6, 6.07) is 2.00. The van der Waals surface area contributed by atoms with Gasteiger partial charge in [-0.15, -0.1) is 11.3 Å². The summed E-state index contributed by atoms with van der Waals surface area (Å²) in [5, 5.41) is 4.96. The summed E-state index contributed by atoms with van der Waals surface area (Å²) >= 11 is 5.10. The predicted molar refractivity (Wildman–Crippen MR) is 80.6 cm³/mol. The van der Waals surface area contributed by atoms with Crippen molar-refractivity contribution in [3.05, 3.63) is 20.8 Å². The van der Waals surface area contributed by atoms with Crippen LogP contribution in [0.2, 0.25) is 0 Å². The molecule has 0 aromatic carbocycles. The largest absolute Gasteiger partial charge is 0.351 e. The van der Waals surface area contributed by atoms with Crippen molar-refractivity contribution in [3.8, 4) is 0 Å². The Balaban J connectivity index is 2.28. The first kappa shape index (κ1) is 15.7. The highest BCUT2D eigenvalue weighted by molar-refractivity contribution is 9.10. The van der Waals surface area contributed by atoms with Gasteiger partial charge in [0.1, 0.15) is 0 Å². The normalized spacial score (nSPS) is 11.6. The van der Waals surface area contributed by atoms with Crippen LogP contribution in [0.4, 0.5) is 0 Å². The fourth-order valence-corrected chi connectivity index (χ4v) is 3.12. The molecule has 3 N–H and O–H groups in total. The van der Waals surface area contributed by atoms with E-state index in [1.54, 1.807) is 11.3 Å². The molecule has 0 saturated carbocycles. The summed E-state index contributed by atoms with van der Waals surface area (Å²) in [4.78, 5) is 12.9. The van der Waals surface area contributed by atoms with Crippen LogP contribution in [0.25, 0.3) is 0 Å². The van der Waals surface area contributed by atoms with Crippen molar-refractivity contribution in [3.63, 3.8) is 0 Å². The zero-order valence-corrected chi connectivity index (χ0v) is 13.4. The number of hydrogen-bond donors (Lipinski definition) is 2. The Morgan fingerprint density at radius 3 is 2.78 bits per heavy atom. The van der Waals surface area contributed by atoms with Gasteiger partial charge < -0.3 is 11.1 Å². The van der Waals surface area contributed by atoms with Crippen LogP contribution in [0.1, 0.15) is 38.0 Å². The molecular weight excluding hydrogens is 312 g/mol. The van der Waals surface area contributed by atoms with E-state index in [1.807, 2.05) is 11.4 Å². The zero-order valence-electron chi connectivity index (χ0n) is 11.0. The van der Waals surface area contributed by atoms with Gasteiger partial charge in [-0.2, -0.15) is 0 Å². The van der Waals surface area contributed by atoms with E-state index in [0.29, 0.717) is 19.5 Å². The molecule has 1 amide bonds. The van der Waals surface area contributed by atoms with Crippen molar-refractivity contribution >= 4 is 33.2 Å². The van der Waals surface area contributed by atoms with Gasteiger partial charge in [0.05, 0.1) is 6.54 Å². The Kier molecular flexibility index (Phi) is 6.32. The van der Waals surface area contributed by atoms with E-state index in [4.69, 9.17) is 5.73 Å². The van der Waals surface area contributed by atoms with Crippen LogP contribution in [0.15, 0.2) is 15.9 Å². The van der Waals surface area contributed by atoms with Crippen molar-refractivity contribution in [2.75, 3.05) is 6.54 Å². The number of rotatable bonds is 7. The number of thiophene rings is 1. The van der Waals surface area contributed by atoms with Crippen LogP contribution in [0.5, 0.6) is 0 Å². The van der Waals surface area contributed by atoms with Crippen LogP contribution in [0, 0.1) is 5.41 Å². The van der Waals surface area contributed by atoms with Crippen LogP contribution in [0.3, 0.4) is 0 Å². The SMILES string of the molecule is CC(C)(CCN)CCC(=O)NCc1sccc1Br. The Morgan fingerprint density at radius 2 is 2.22 bits per heavy atom. The Labute approximate surface area is 121 Å². The summed E-state index contributed by atoms with van der Waals surface area (Å²) in [7, 11) is 0. The highest BCUT2D eigenvalue weighted by Gasteiger charge is 2.18. The lowest BCUT2D eigenvalue weighted by Gasteiger charge is -2.23. The molecule has 1 rings (SSSR count). The average Bonchev–Trinajstić information content (AvgIpc) is 2.70. The van der Waals surface area contributed by atoms with E-state index in [2.05, 4.69) is 35.1 Å². The van der Waals surface area contributed by atoms with Crippen LogP contribution in [-0.2, 0) is 11.3 Å². The molecule has 5 heteroatoms. The number of halogens is 1. The van der Waals surface area contributed by atoms with Gasteiger partial charge in [0, 0.05) is 15.8 Å². The van der Waals surface area contributed by atoms with E-state index in [9.17, 15) is 4.79 Å². The summed E-state index contributed by atoms with van der Waals surface area (Å²) in [6.07, 6.45) is 2.40. The van der Waals surface area contributed by atoms with Crippen LogP contribution < -0.4 is 11.1 Å². The van der Waals surface area contributed by atoms with Gasteiger partial charge in [0.15, 0.2) is 0 Å². The molecule has 0 spiro atoms. The van der Waals surface area contributed by atoms with E-state index >= 15 is 0 Å².